The molecule has 252 valence electrons. The number of carbonyl (C=O) groups excluding carboxylic acids is 2. The first-order valence-electron chi connectivity index (χ1n) is 14.6. The lowest BCUT2D eigenvalue weighted by molar-refractivity contribution is -0.124. The number of piperidine rings is 2. The van der Waals surface area contributed by atoms with E-state index in [0.717, 1.165) is 17.5 Å². The van der Waals surface area contributed by atoms with E-state index in [9.17, 15) is 42.5 Å². The van der Waals surface area contributed by atoms with E-state index in [1.165, 1.54) is 10.4 Å². The Morgan fingerprint density at radius 2 is 1.50 bits per heavy atom. The van der Waals surface area contributed by atoms with E-state index in [4.69, 9.17) is 0 Å². The number of rotatable bonds is 6. The summed E-state index contributed by atoms with van der Waals surface area (Å²) in [7, 11) is -13.8. The smallest absolute Gasteiger partial charge is 0.310 e. The van der Waals surface area contributed by atoms with Crippen LogP contribution in [0.2, 0.25) is 0 Å². The van der Waals surface area contributed by atoms with Gasteiger partial charge in [-0.1, -0.05) is 19.4 Å². The molecule has 2 aromatic carbocycles. The average molecular weight is 691 g/mol. The van der Waals surface area contributed by atoms with Gasteiger partial charge in [0.2, 0.25) is 10.0 Å². The van der Waals surface area contributed by atoms with Gasteiger partial charge in [0, 0.05) is 42.7 Å². The summed E-state index contributed by atoms with van der Waals surface area (Å²) in [6.07, 6.45) is 2.43. The van der Waals surface area contributed by atoms with Gasteiger partial charge in [0.05, 0.1) is 5.60 Å². The second-order valence-corrected chi connectivity index (χ2v) is 16.7. The predicted octanol–water partition coefficient (Wildman–Crippen LogP) is 5.66. The van der Waals surface area contributed by atoms with E-state index >= 15 is 0 Å². The van der Waals surface area contributed by atoms with Crippen LogP contribution >= 0.6 is 10.2 Å². The summed E-state index contributed by atoms with van der Waals surface area (Å²) in [5, 5.41) is 13.7. The van der Waals surface area contributed by atoms with Crippen molar-refractivity contribution in [3.05, 3.63) is 69.6 Å². The molecule has 3 aliphatic rings. The highest BCUT2D eigenvalue weighted by Gasteiger charge is 2.65. The number of sulfonamides is 1. The fourth-order valence-electron chi connectivity index (χ4n) is 5.95. The topological polar surface area (TPSA) is 119 Å². The minimum absolute atomic E-state index is 0.000253. The van der Waals surface area contributed by atoms with Gasteiger partial charge < -0.3 is 15.3 Å². The number of benzene rings is 2. The molecular weight excluding hydrogens is 655 g/mol. The number of halogens is 5. The Morgan fingerprint density at radius 1 is 0.957 bits per heavy atom. The number of likely N-dealkylation sites (tertiary alicyclic amines) is 1. The molecule has 0 aliphatic carbocycles. The molecule has 2 saturated heterocycles. The highest BCUT2D eigenvalue weighted by molar-refractivity contribution is 8.45. The number of amides is 2. The van der Waals surface area contributed by atoms with Crippen molar-refractivity contribution in [2.75, 3.05) is 26.2 Å². The third-order valence-corrected chi connectivity index (χ3v) is 11.6. The molecule has 3 aliphatic heterocycles. The molecule has 9 nitrogen and oxygen atoms in total. The van der Waals surface area contributed by atoms with Crippen LogP contribution < -0.4 is 5.32 Å². The number of carbonyl (C=O) groups is 2. The fourth-order valence-corrected chi connectivity index (χ4v) is 7.77. The normalized spacial score (nSPS) is 22.0. The molecule has 46 heavy (non-hydrogen) atoms. The van der Waals surface area contributed by atoms with Crippen molar-refractivity contribution in [3.63, 3.8) is 0 Å². The van der Waals surface area contributed by atoms with Crippen molar-refractivity contribution < 1.29 is 42.5 Å². The number of hydrogen-bond acceptors (Lipinski definition) is 6. The largest absolute Gasteiger partial charge is 0.390 e. The lowest BCUT2D eigenvalue weighted by Gasteiger charge is -2.40. The molecule has 2 fully saturated rings. The Hall–Kier alpha value is -3.34. The summed E-state index contributed by atoms with van der Waals surface area (Å²) in [5.41, 5.74) is 0.390. The number of nitrogens with zero attached hydrogens (tertiary/aromatic N) is 3. The molecule has 2 amide bonds. The highest BCUT2D eigenvalue weighted by Crippen LogP contribution is 3.02. The van der Waals surface area contributed by atoms with Crippen LogP contribution in [0.4, 0.5) is 19.4 Å². The number of amidine groups is 1. The van der Waals surface area contributed by atoms with Crippen LogP contribution in [0.3, 0.4) is 0 Å². The highest BCUT2D eigenvalue weighted by atomic mass is 32.5. The van der Waals surface area contributed by atoms with Crippen LogP contribution in [0.25, 0.3) is 6.08 Å². The molecule has 0 saturated carbocycles. The van der Waals surface area contributed by atoms with Crippen molar-refractivity contribution in [1.29, 1.82) is 0 Å². The summed E-state index contributed by atoms with van der Waals surface area (Å²) in [4.78, 5) is 29.9. The van der Waals surface area contributed by atoms with Gasteiger partial charge in [-0.3, -0.25) is 14.6 Å². The van der Waals surface area contributed by atoms with E-state index in [2.05, 4.69) is 10.3 Å². The van der Waals surface area contributed by atoms with Crippen molar-refractivity contribution in [3.8, 4) is 0 Å². The van der Waals surface area contributed by atoms with Gasteiger partial charge in [0.15, 0.2) is 0 Å². The Labute approximate surface area is 263 Å². The molecular formula is C30H35F5N4O5S2. The third-order valence-electron chi connectivity index (χ3n) is 8.84. The molecule has 1 spiro atoms. The van der Waals surface area contributed by atoms with E-state index in [-0.39, 0.29) is 55.4 Å². The standard InChI is InChI=1S/C30H35F5N4O5S2/c1-20-18-23(27(40)38-13-9-29(3,42)10-14-38)19-21(2)25(20)8-17-45(43,44)39-15-11-30(12-16-39)28(41)36-26(37-30)22-4-6-24(7-5-22)46(31,32,33,34)35/h4-8,17-19,42H,9-16H2,1-3H3,(H,36,37,41)/b17-8+. The minimum atomic E-state index is -9.86. The van der Waals surface area contributed by atoms with Crippen LogP contribution in [0.15, 0.2) is 51.7 Å². The Bertz CT molecular complexity index is 1740. The fraction of sp³-hybridized carbons (Fsp3) is 0.433. The van der Waals surface area contributed by atoms with E-state index < -0.39 is 42.2 Å². The molecule has 5 rings (SSSR count). The molecule has 2 aromatic rings. The maximum atomic E-state index is 13.2. The molecule has 16 heteroatoms. The number of nitrogens with one attached hydrogen (secondary N) is 1. The molecule has 0 unspecified atom stereocenters. The van der Waals surface area contributed by atoms with Crippen LogP contribution in [0.1, 0.15) is 65.2 Å². The third kappa shape index (κ3) is 6.99. The van der Waals surface area contributed by atoms with E-state index in [1.54, 1.807) is 37.8 Å². The van der Waals surface area contributed by atoms with E-state index in [0.29, 0.717) is 48.2 Å². The summed E-state index contributed by atoms with van der Waals surface area (Å²) >= 11 is 0. The van der Waals surface area contributed by atoms with Gasteiger partial charge in [0.25, 0.3) is 11.8 Å². The molecule has 0 bridgehead atoms. The molecule has 3 heterocycles. The summed E-state index contributed by atoms with van der Waals surface area (Å²) < 4.78 is 93.0. The maximum absolute atomic E-state index is 13.2. The van der Waals surface area contributed by atoms with Crippen molar-refractivity contribution in [2.45, 2.75) is 62.5 Å². The Kier molecular flexibility index (Phi) is 7.83. The zero-order valence-corrected chi connectivity index (χ0v) is 27.0. The van der Waals surface area contributed by atoms with Crippen molar-refractivity contribution in [2.24, 2.45) is 4.99 Å². The van der Waals surface area contributed by atoms with Gasteiger partial charge in [-0.25, -0.2) is 8.42 Å². The maximum Gasteiger partial charge on any atom is 0.310 e. The SMILES string of the molecule is Cc1cc(C(=O)N2CCC(C)(O)CC2)cc(C)c1/C=C/S(=O)(=O)N1CCC2(CC1)N=C(c1ccc(S(F)(F)(F)(F)F)cc1)NC2=O. The lowest BCUT2D eigenvalue weighted by atomic mass is 9.89. The van der Waals surface area contributed by atoms with Crippen molar-refractivity contribution in [1.82, 2.24) is 14.5 Å². The molecule has 2 N–H and O–H groups in total. The van der Waals surface area contributed by atoms with Crippen LogP contribution in [-0.2, 0) is 14.8 Å². The first-order valence-corrected chi connectivity index (χ1v) is 18.0. The van der Waals surface area contributed by atoms with Gasteiger partial charge in [-0.05, 0) is 106 Å². The average Bonchev–Trinajstić information content (AvgIpc) is 3.26. The zero-order chi connectivity index (χ0) is 34.0. The van der Waals surface area contributed by atoms with Gasteiger partial charge in [-0.2, -0.15) is 4.31 Å². The van der Waals surface area contributed by atoms with E-state index in [1.807, 2.05) is 0 Å². The number of aliphatic imine (C=N–C) groups is 1. The van der Waals surface area contributed by atoms with Gasteiger partial charge in [-0.15, -0.1) is 0 Å². The lowest BCUT2D eigenvalue weighted by Crippen LogP contribution is -2.50. The zero-order valence-electron chi connectivity index (χ0n) is 25.4. The molecule has 0 aromatic heterocycles. The quantitative estimate of drug-likeness (QED) is 0.380. The Balaban J connectivity index is 1.26. The predicted molar refractivity (Wildman–Crippen MR) is 166 cm³/mol. The summed E-state index contributed by atoms with van der Waals surface area (Å²) in [5.74, 6) is -0.785. The monoisotopic (exact) mass is 690 g/mol. The second kappa shape index (κ2) is 10.6. The first-order chi connectivity index (χ1) is 21.0. The Morgan fingerprint density at radius 3 is 2.02 bits per heavy atom. The number of aryl methyl sites for hydroxylation is 2. The van der Waals surface area contributed by atoms with Crippen LogP contribution in [0, 0.1) is 13.8 Å². The number of aliphatic hydroxyl groups is 1. The molecule has 0 radical (unpaired) electrons. The first kappa shape index (κ1) is 34.0. The summed E-state index contributed by atoms with van der Waals surface area (Å²) in [6, 6.07) is 5.51. The minimum Gasteiger partial charge on any atom is -0.390 e. The van der Waals surface area contributed by atoms with Crippen molar-refractivity contribution >= 4 is 44.0 Å². The van der Waals surface area contributed by atoms with Crippen LogP contribution in [-0.4, -0.2) is 77.7 Å². The van der Waals surface area contributed by atoms with Gasteiger partial charge >= 0.3 is 10.2 Å². The number of hydrogen-bond donors (Lipinski definition) is 2. The summed E-state index contributed by atoms with van der Waals surface area (Å²) in [6.45, 7) is 6.05. The molecule has 0 atom stereocenters. The second-order valence-electron chi connectivity index (χ2n) is 12.5. The van der Waals surface area contributed by atoms with Crippen LogP contribution in [0.5, 0.6) is 0 Å². The van der Waals surface area contributed by atoms with Gasteiger partial charge in [0.1, 0.15) is 16.3 Å².